The van der Waals surface area contributed by atoms with Crippen molar-refractivity contribution in [3.8, 4) is 0 Å². The van der Waals surface area contributed by atoms with Crippen LogP contribution in [-0.4, -0.2) is 10.7 Å². The SMILES string of the molecule is CC1(C)N=C(c2cnc3ccccc3c2)c2cc(F)ccc21. The summed E-state index contributed by atoms with van der Waals surface area (Å²) in [7, 11) is 0. The van der Waals surface area contributed by atoms with Gasteiger partial charge in [0, 0.05) is 22.7 Å². The van der Waals surface area contributed by atoms with Crippen molar-refractivity contribution in [3.05, 3.63) is 77.2 Å². The molecule has 2 aromatic carbocycles. The third-order valence-corrected chi connectivity index (χ3v) is 4.15. The first-order valence-electron chi connectivity index (χ1n) is 7.30. The van der Waals surface area contributed by atoms with Crippen LogP contribution >= 0.6 is 0 Å². The van der Waals surface area contributed by atoms with Crippen molar-refractivity contribution in [2.24, 2.45) is 4.99 Å². The molecule has 4 rings (SSSR count). The lowest BCUT2D eigenvalue weighted by Gasteiger charge is -2.15. The number of fused-ring (bicyclic) bond motifs is 2. The molecule has 1 aliphatic heterocycles. The van der Waals surface area contributed by atoms with Gasteiger partial charge in [0.2, 0.25) is 0 Å². The Morgan fingerprint density at radius 3 is 2.68 bits per heavy atom. The maximum Gasteiger partial charge on any atom is 0.123 e. The van der Waals surface area contributed by atoms with Crippen LogP contribution in [0.15, 0.2) is 59.7 Å². The van der Waals surface area contributed by atoms with Crippen molar-refractivity contribution in [1.29, 1.82) is 0 Å². The van der Waals surface area contributed by atoms with Gasteiger partial charge in [-0.1, -0.05) is 24.3 Å². The molecule has 108 valence electrons. The molecular weight excluding hydrogens is 275 g/mol. The van der Waals surface area contributed by atoms with Gasteiger partial charge < -0.3 is 0 Å². The van der Waals surface area contributed by atoms with Crippen molar-refractivity contribution >= 4 is 16.6 Å². The average Bonchev–Trinajstić information content (AvgIpc) is 2.78. The molecule has 3 heteroatoms. The smallest absolute Gasteiger partial charge is 0.123 e. The van der Waals surface area contributed by atoms with Crippen LogP contribution in [0.5, 0.6) is 0 Å². The van der Waals surface area contributed by atoms with Crippen LogP contribution < -0.4 is 0 Å². The van der Waals surface area contributed by atoms with E-state index in [0.717, 1.165) is 33.3 Å². The molecule has 0 aliphatic carbocycles. The number of hydrogen-bond acceptors (Lipinski definition) is 2. The van der Waals surface area contributed by atoms with Gasteiger partial charge in [-0.2, -0.15) is 0 Å². The van der Waals surface area contributed by atoms with E-state index < -0.39 is 0 Å². The zero-order chi connectivity index (χ0) is 15.3. The standard InChI is InChI=1S/C19H15FN2/c1-19(2)16-8-7-14(20)10-15(16)18(22-19)13-9-12-5-3-4-6-17(12)21-11-13/h3-11H,1-2H3. The van der Waals surface area contributed by atoms with Gasteiger partial charge in [0.05, 0.1) is 16.8 Å². The van der Waals surface area contributed by atoms with Gasteiger partial charge in [-0.25, -0.2) is 4.39 Å². The molecule has 0 bridgehead atoms. The highest BCUT2D eigenvalue weighted by Gasteiger charge is 2.32. The summed E-state index contributed by atoms with van der Waals surface area (Å²) >= 11 is 0. The van der Waals surface area contributed by atoms with Crippen LogP contribution in [0.4, 0.5) is 4.39 Å². The molecule has 2 nitrogen and oxygen atoms in total. The number of nitrogens with zero attached hydrogens (tertiary/aromatic N) is 2. The maximum atomic E-state index is 13.7. The van der Waals surface area contributed by atoms with Crippen LogP contribution in [0.1, 0.15) is 30.5 Å². The second-order valence-corrected chi connectivity index (χ2v) is 6.13. The van der Waals surface area contributed by atoms with Gasteiger partial charge in [0.15, 0.2) is 0 Å². The first-order chi connectivity index (χ1) is 10.5. The zero-order valence-corrected chi connectivity index (χ0v) is 12.5. The second kappa shape index (κ2) is 4.47. The number of benzene rings is 2. The third kappa shape index (κ3) is 1.93. The molecule has 2 heterocycles. The van der Waals surface area contributed by atoms with Gasteiger partial charge in [0.25, 0.3) is 0 Å². The molecule has 22 heavy (non-hydrogen) atoms. The summed E-state index contributed by atoms with van der Waals surface area (Å²) < 4.78 is 13.7. The van der Waals surface area contributed by atoms with E-state index in [0.29, 0.717) is 0 Å². The van der Waals surface area contributed by atoms with E-state index in [-0.39, 0.29) is 11.4 Å². The van der Waals surface area contributed by atoms with E-state index in [2.05, 4.69) is 11.1 Å². The first-order valence-corrected chi connectivity index (χ1v) is 7.30. The van der Waals surface area contributed by atoms with Crippen molar-refractivity contribution < 1.29 is 4.39 Å². The van der Waals surface area contributed by atoms with Gasteiger partial charge in [-0.15, -0.1) is 0 Å². The number of hydrogen-bond donors (Lipinski definition) is 0. The molecular formula is C19H15FN2. The molecule has 0 saturated carbocycles. The van der Waals surface area contributed by atoms with Crippen LogP contribution in [0.25, 0.3) is 10.9 Å². The Hall–Kier alpha value is -2.55. The predicted octanol–water partition coefficient (Wildman–Crippen LogP) is 4.46. The number of rotatable bonds is 1. The highest BCUT2D eigenvalue weighted by molar-refractivity contribution is 6.16. The number of aromatic nitrogens is 1. The molecule has 0 amide bonds. The minimum atomic E-state index is -0.343. The normalized spacial score (nSPS) is 15.7. The Morgan fingerprint density at radius 2 is 1.82 bits per heavy atom. The summed E-state index contributed by atoms with van der Waals surface area (Å²) in [6.45, 7) is 4.09. The third-order valence-electron chi connectivity index (χ3n) is 4.15. The van der Waals surface area contributed by atoms with Gasteiger partial charge >= 0.3 is 0 Å². The molecule has 0 saturated heterocycles. The van der Waals surface area contributed by atoms with E-state index in [1.165, 1.54) is 6.07 Å². The second-order valence-electron chi connectivity index (χ2n) is 6.13. The van der Waals surface area contributed by atoms with Gasteiger partial charge in [-0.05, 0) is 43.7 Å². The van der Waals surface area contributed by atoms with Crippen molar-refractivity contribution in [1.82, 2.24) is 4.98 Å². The van der Waals surface area contributed by atoms with Gasteiger partial charge in [0.1, 0.15) is 5.82 Å². The van der Waals surface area contributed by atoms with Crippen molar-refractivity contribution in [2.75, 3.05) is 0 Å². The van der Waals surface area contributed by atoms with Crippen LogP contribution in [0, 0.1) is 5.82 Å². The van der Waals surface area contributed by atoms with E-state index >= 15 is 0 Å². The fourth-order valence-electron chi connectivity index (χ4n) is 3.07. The number of aliphatic imine (C=N–C) groups is 1. The Bertz CT molecular complexity index is 926. The van der Waals surface area contributed by atoms with Crippen molar-refractivity contribution in [3.63, 3.8) is 0 Å². The van der Waals surface area contributed by atoms with Crippen LogP contribution in [0.2, 0.25) is 0 Å². The van der Waals surface area contributed by atoms with Crippen LogP contribution in [0.3, 0.4) is 0 Å². The lowest BCUT2D eigenvalue weighted by atomic mass is 9.92. The fourth-order valence-corrected chi connectivity index (χ4v) is 3.07. The molecule has 0 unspecified atom stereocenters. The summed E-state index contributed by atoms with van der Waals surface area (Å²) in [5.41, 5.74) is 4.26. The number of halogens is 1. The molecule has 0 atom stereocenters. The largest absolute Gasteiger partial charge is 0.273 e. The molecule has 3 aromatic rings. The Balaban J connectivity index is 1.94. The Labute approximate surface area is 128 Å². The quantitative estimate of drug-likeness (QED) is 0.649. The Morgan fingerprint density at radius 1 is 1.00 bits per heavy atom. The van der Waals surface area contributed by atoms with Gasteiger partial charge in [-0.3, -0.25) is 9.98 Å². The molecule has 1 aromatic heterocycles. The molecule has 0 fully saturated rings. The predicted molar refractivity (Wildman–Crippen MR) is 86.8 cm³/mol. The molecule has 0 N–H and O–H groups in total. The lowest BCUT2D eigenvalue weighted by molar-refractivity contribution is 0.568. The van der Waals surface area contributed by atoms with E-state index in [1.54, 1.807) is 6.07 Å². The summed E-state index contributed by atoms with van der Waals surface area (Å²) in [5.74, 6) is -0.238. The maximum absolute atomic E-state index is 13.7. The molecule has 0 radical (unpaired) electrons. The average molecular weight is 290 g/mol. The van der Waals surface area contributed by atoms with E-state index in [4.69, 9.17) is 4.99 Å². The summed E-state index contributed by atoms with van der Waals surface area (Å²) in [5, 5.41) is 1.06. The Kier molecular flexibility index (Phi) is 2.67. The topological polar surface area (TPSA) is 25.2 Å². The first kappa shape index (κ1) is 13.1. The van der Waals surface area contributed by atoms with Crippen LogP contribution in [-0.2, 0) is 5.54 Å². The fraction of sp³-hybridized carbons (Fsp3) is 0.158. The monoisotopic (exact) mass is 290 g/mol. The minimum Gasteiger partial charge on any atom is -0.273 e. The minimum absolute atomic E-state index is 0.238. The number of pyridine rings is 1. The zero-order valence-electron chi connectivity index (χ0n) is 12.5. The number of para-hydroxylation sites is 1. The lowest BCUT2D eigenvalue weighted by Crippen LogP contribution is -2.10. The molecule has 1 aliphatic rings. The van der Waals surface area contributed by atoms with E-state index in [9.17, 15) is 4.39 Å². The molecule has 0 spiro atoms. The summed E-state index contributed by atoms with van der Waals surface area (Å²) in [6, 6.07) is 14.9. The van der Waals surface area contributed by atoms with E-state index in [1.807, 2.05) is 50.4 Å². The summed E-state index contributed by atoms with van der Waals surface area (Å²) in [4.78, 5) is 9.31. The van der Waals surface area contributed by atoms with Crippen molar-refractivity contribution in [2.45, 2.75) is 19.4 Å². The summed E-state index contributed by atoms with van der Waals surface area (Å²) in [6.07, 6.45) is 1.82. The highest BCUT2D eigenvalue weighted by atomic mass is 19.1. The highest BCUT2D eigenvalue weighted by Crippen LogP contribution is 2.37.